The van der Waals surface area contributed by atoms with E-state index in [1.54, 1.807) is 0 Å². The molecule has 2 aromatic rings. The number of halogens is 1. The van der Waals surface area contributed by atoms with Crippen molar-refractivity contribution in [2.24, 2.45) is 0 Å². The van der Waals surface area contributed by atoms with Gasteiger partial charge in [0.05, 0.1) is 0 Å². The number of hydrogen-bond acceptors (Lipinski definition) is 2. The molecule has 0 spiro atoms. The summed E-state index contributed by atoms with van der Waals surface area (Å²) in [6.07, 6.45) is 1.06. The zero-order valence-corrected chi connectivity index (χ0v) is 12.7. The Balaban J connectivity index is 1.93. The molecule has 0 unspecified atom stereocenters. The summed E-state index contributed by atoms with van der Waals surface area (Å²) in [6.45, 7) is 1.88. The van der Waals surface area contributed by atoms with Crippen LogP contribution < -0.4 is 5.73 Å². The van der Waals surface area contributed by atoms with Crippen LogP contribution in [0.2, 0.25) is 0 Å². The predicted octanol–water partition coefficient (Wildman–Crippen LogP) is 3.71. The smallest absolute Gasteiger partial charge is 0.0371 e. The molecule has 100 valence electrons. The lowest BCUT2D eigenvalue weighted by molar-refractivity contribution is 0.331. The molecule has 19 heavy (non-hydrogen) atoms. The number of likely N-dealkylation sites (N-methyl/N-ethyl adjacent to an activating group) is 1. The van der Waals surface area contributed by atoms with E-state index in [2.05, 4.69) is 58.2 Å². The summed E-state index contributed by atoms with van der Waals surface area (Å²) in [4.78, 5) is 2.30. The van der Waals surface area contributed by atoms with Crippen molar-refractivity contribution in [2.45, 2.75) is 13.0 Å². The van der Waals surface area contributed by atoms with E-state index in [1.165, 1.54) is 5.56 Å². The Hall–Kier alpha value is -1.32. The van der Waals surface area contributed by atoms with Gasteiger partial charge >= 0.3 is 0 Å². The monoisotopic (exact) mass is 318 g/mol. The van der Waals surface area contributed by atoms with Crippen LogP contribution in [0.4, 0.5) is 5.69 Å². The zero-order chi connectivity index (χ0) is 13.7. The highest BCUT2D eigenvalue weighted by Crippen LogP contribution is 2.23. The summed E-state index contributed by atoms with van der Waals surface area (Å²) in [7, 11) is 2.13. The van der Waals surface area contributed by atoms with Gasteiger partial charge in [-0.2, -0.15) is 0 Å². The van der Waals surface area contributed by atoms with Gasteiger partial charge in [-0.3, -0.25) is 0 Å². The van der Waals surface area contributed by atoms with Gasteiger partial charge in [-0.15, -0.1) is 0 Å². The summed E-state index contributed by atoms with van der Waals surface area (Å²) in [5.74, 6) is 0. The Kier molecular flexibility index (Phi) is 5.00. The van der Waals surface area contributed by atoms with Crippen molar-refractivity contribution in [3.8, 4) is 0 Å². The number of nitrogens with two attached hydrogens (primary N) is 1. The van der Waals surface area contributed by atoms with E-state index in [0.717, 1.165) is 35.2 Å². The topological polar surface area (TPSA) is 29.3 Å². The molecule has 0 aliphatic rings. The second-order valence-corrected chi connectivity index (χ2v) is 5.64. The second kappa shape index (κ2) is 6.73. The molecule has 2 N–H and O–H groups in total. The molecule has 2 aromatic carbocycles. The lowest BCUT2D eigenvalue weighted by Gasteiger charge is -2.18. The minimum Gasteiger partial charge on any atom is -0.398 e. The number of benzene rings is 2. The highest BCUT2D eigenvalue weighted by molar-refractivity contribution is 9.10. The number of hydrogen-bond donors (Lipinski definition) is 1. The summed E-state index contributed by atoms with van der Waals surface area (Å²) in [5, 5.41) is 0. The summed E-state index contributed by atoms with van der Waals surface area (Å²) < 4.78 is 1.08. The van der Waals surface area contributed by atoms with E-state index < -0.39 is 0 Å². The summed E-state index contributed by atoms with van der Waals surface area (Å²) in [5.41, 5.74) is 9.40. The van der Waals surface area contributed by atoms with Gasteiger partial charge in [-0.1, -0.05) is 52.3 Å². The van der Waals surface area contributed by atoms with E-state index in [0.29, 0.717) is 0 Å². The van der Waals surface area contributed by atoms with Crippen molar-refractivity contribution in [1.29, 1.82) is 0 Å². The Morgan fingerprint density at radius 3 is 2.47 bits per heavy atom. The molecule has 2 nitrogen and oxygen atoms in total. The van der Waals surface area contributed by atoms with Crippen molar-refractivity contribution in [2.75, 3.05) is 19.3 Å². The van der Waals surface area contributed by atoms with Crippen molar-refractivity contribution in [3.05, 3.63) is 64.1 Å². The Labute approximate surface area is 123 Å². The van der Waals surface area contributed by atoms with Gasteiger partial charge in [0.1, 0.15) is 0 Å². The van der Waals surface area contributed by atoms with Crippen LogP contribution in [0, 0.1) is 0 Å². The third kappa shape index (κ3) is 4.08. The van der Waals surface area contributed by atoms with E-state index >= 15 is 0 Å². The Morgan fingerprint density at radius 2 is 1.79 bits per heavy atom. The number of rotatable bonds is 5. The molecule has 0 saturated carbocycles. The molecule has 0 atom stereocenters. The summed E-state index contributed by atoms with van der Waals surface area (Å²) in [6, 6.07) is 16.5. The molecule has 3 heteroatoms. The van der Waals surface area contributed by atoms with Gasteiger partial charge < -0.3 is 10.6 Å². The van der Waals surface area contributed by atoms with E-state index in [-0.39, 0.29) is 0 Å². The fraction of sp³-hybridized carbons (Fsp3) is 0.250. The molecule has 0 amide bonds. The van der Waals surface area contributed by atoms with E-state index in [4.69, 9.17) is 5.73 Å². The van der Waals surface area contributed by atoms with Crippen molar-refractivity contribution >= 4 is 21.6 Å². The molecule has 0 aromatic heterocycles. The number of nitrogens with zero attached hydrogens (tertiary/aromatic N) is 1. The third-order valence-electron chi connectivity index (χ3n) is 3.21. The first-order valence-electron chi connectivity index (χ1n) is 6.42. The molecule has 2 rings (SSSR count). The minimum atomic E-state index is 0.848. The largest absolute Gasteiger partial charge is 0.398 e. The van der Waals surface area contributed by atoms with Crippen molar-refractivity contribution in [3.63, 3.8) is 0 Å². The van der Waals surface area contributed by atoms with Crippen LogP contribution in [-0.2, 0) is 13.0 Å². The molecule has 0 bridgehead atoms. The van der Waals surface area contributed by atoms with Gasteiger partial charge in [0.2, 0.25) is 0 Å². The van der Waals surface area contributed by atoms with Crippen LogP contribution >= 0.6 is 15.9 Å². The van der Waals surface area contributed by atoms with Gasteiger partial charge in [0.25, 0.3) is 0 Å². The predicted molar refractivity (Wildman–Crippen MR) is 85.0 cm³/mol. The SMILES string of the molecule is CN(CCc1ccccc1)Cc1c(N)cccc1Br. The lowest BCUT2D eigenvalue weighted by Crippen LogP contribution is -2.21. The molecular formula is C16H19BrN2. The van der Waals surface area contributed by atoms with Crippen LogP contribution in [0.3, 0.4) is 0 Å². The van der Waals surface area contributed by atoms with Gasteiger partial charge in [-0.25, -0.2) is 0 Å². The number of nitrogen functional groups attached to an aromatic ring is 1. The fourth-order valence-electron chi connectivity index (χ4n) is 2.06. The van der Waals surface area contributed by atoms with Crippen molar-refractivity contribution in [1.82, 2.24) is 4.90 Å². The first-order chi connectivity index (χ1) is 9.16. The van der Waals surface area contributed by atoms with Gasteiger partial charge in [0, 0.05) is 28.8 Å². The molecule has 0 radical (unpaired) electrons. The zero-order valence-electron chi connectivity index (χ0n) is 11.1. The molecule has 0 heterocycles. The first-order valence-corrected chi connectivity index (χ1v) is 7.21. The fourth-order valence-corrected chi connectivity index (χ4v) is 2.56. The lowest BCUT2D eigenvalue weighted by atomic mass is 10.1. The van der Waals surface area contributed by atoms with Gasteiger partial charge in [-0.05, 0) is 31.2 Å². The highest BCUT2D eigenvalue weighted by Gasteiger charge is 2.07. The van der Waals surface area contributed by atoms with Crippen LogP contribution in [-0.4, -0.2) is 18.5 Å². The standard InChI is InChI=1S/C16H19BrN2/c1-19(11-10-13-6-3-2-4-7-13)12-14-15(17)8-5-9-16(14)18/h2-9H,10-12,18H2,1H3. The third-order valence-corrected chi connectivity index (χ3v) is 3.95. The maximum Gasteiger partial charge on any atom is 0.0371 e. The van der Waals surface area contributed by atoms with E-state index in [1.807, 2.05) is 18.2 Å². The average molecular weight is 319 g/mol. The molecular weight excluding hydrogens is 300 g/mol. The maximum absolute atomic E-state index is 6.02. The van der Waals surface area contributed by atoms with Crippen LogP contribution in [0.15, 0.2) is 53.0 Å². The van der Waals surface area contributed by atoms with Crippen LogP contribution in [0.1, 0.15) is 11.1 Å². The highest BCUT2D eigenvalue weighted by atomic mass is 79.9. The molecule has 0 saturated heterocycles. The van der Waals surface area contributed by atoms with E-state index in [9.17, 15) is 0 Å². The van der Waals surface area contributed by atoms with Gasteiger partial charge in [0.15, 0.2) is 0 Å². The Bertz CT molecular complexity index is 505. The maximum atomic E-state index is 6.02. The van der Waals surface area contributed by atoms with Crippen molar-refractivity contribution < 1.29 is 0 Å². The number of anilines is 1. The van der Waals surface area contributed by atoms with Crippen LogP contribution in [0.25, 0.3) is 0 Å². The second-order valence-electron chi connectivity index (χ2n) is 4.78. The molecule has 0 fully saturated rings. The Morgan fingerprint density at radius 1 is 1.05 bits per heavy atom. The quantitative estimate of drug-likeness (QED) is 0.852. The average Bonchev–Trinajstić information content (AvgIpc) is 2.42. The molecule has 0 aliphatic carbocycles. The minimum absolute atomic E-state index is 0.848. The first kappa shape index (κ1) is 14.1. The normalized spacial score (nSPS) is 10.9. The van der Waals surface area contributed by atoms with Crippen LogP contribution in [0.5, 0.6) is 0 Å². The molecule has 0 aliphatic heterocycles. The summed E-state index contributed by atoms with van der Waals surface area (Å²) >= 11 is 3.56.